The number of aliphatic hydroxyl groups is 1. The molecule has 2 N–H and O–H groups in total. The van der Waals surface area contributed by atoms with E-state index < -0.39 is 11.7 Å². The highest BCUT2D eigenvalue weighted by atomic mass is 16.4. The van der Waals surface area contributed by atoms with Crippen molar-refractivity contribution >= 4 is 17.6 Å². The molecule has 1 aliphatic rings. The van der Waals surface area contributed by atoms with Crippen LogP contribution >= 0.6 is 0 Å². The third-order valence-electron chi connectivity index (χ3n) is 7.46. The normalized spacial score (nSPS) is 20.9. The molecule has 1 unspecified atom stereocenters. The van der Waals surface area contributed by atoms with Crippen molar-refractivity contribution in [1.82, 2.24) is 9.97 Å². The first-order valence-corrected chi connectivity index (χ1v) is 13.7. The van der Waals surface area contributed by atoms with Crippen molar-refractivity contribution in [3.8, 4) is 6.07 Å². The van der Waals surface area contributed by atoms with Crippen LogP contribution < -0.4 is 9.80 Å². The number of carbonyl (C=O) groups is 1. The largest absolute Gasteiger partial charge is 0.465 e. The molecular weight excluding hydrogens is 490 g/mol. The number of hydrogen-bond acceptors (Lipinski definition) is 6. The average molecular weight is 534 g/mol. The average Bonchev–Trinajstić information content (AvgIpc) is 2.83. The van der Waals surface area contributed by atoms with Gasteiger partial charge in [-0.05, 0) is 80.9 Å². The van der Waals surface area contributed by atoms with E-state index in [1.807, 2.05) is 18.2 Å². The van der Waals surface area contributed by atoms with E-state index in [9.17, 15) is 20.3 Å². The molecule has 2 aromatic rings. The number of carboxylic acid groups (broad SMARTS) is 1. The molecule has 8 nitrogen and oxygen atoms in total. The zero-order valence-electron chi connectivity index (χ0n) is 24.4. The molecule has 8 heteroatoms. The van der Waals surface area contributed by atoms with Crippen molar-refractivity contribution in [2.45, 2.75) is 79.8 Å². The Morgan fingerprint density at radius 2 is 1.95 bits per heavy atom. The number of amides is 1. The molecule has 39 heavy (non-hydrogen) atoms. The number of rotatable bonds is 9. The van der Waals surface area contributed by atoms with Gasteiger partial charge < -0.3 is 15.1 Å². The number of benzene rings is 1. The molecule has 1 saturated carbocycles. The van der Waals surface area contributed by atoms with Gasteiger partial charge in [0.05, 0.1) is 29.7 Å². The minimum absolute atomic E-state index is 0.0158. The lowest BCUT2D eigenvalue weighted by Gasteiger charge is -2.49. The predicted molar refractivity (Wildman–Crippen MR) is 155 cm³/mol. The molecule has 0 aliphatic heterocycles. The summed E-state index contributed by atoms with van der Waals surface area (Å²) in [6.07, 6.45) is 9.70. The Kier molecular flexibility index (Phi) is 9.07. The topological polar surface area (TPSA) is 114 Å². The van der Waals surface area contributed by atoms with Crippen LogP contribution in [0.1, 0.15) is 84.0 Å². The lowest BCUT2D eigenvalue weighted by molar-refractivity contribution is 0.0621. The minimum Gasteiger partial charge on any atom is -0.465 e. The van der Waals surface area contributed by atoms with Gasteiger partial charge in [-0.3, -0.25) is 9.88 Å². The third-order valence-corrected chi connectivity index (χ3v) is 7.46. The van der Waals surface area contributed by atoms with Gasteiger partial charge in [0.25, 0.3) is 0 Å². The molecule has 0 radical (unpaired) electrons. The highest BCUT2D eigenvalue weighted by Crippen LogP contribution is 2.50. The van der Waals surface area contributed by atoms with E-state index in [4.69, 9.17) is 0 Å². The molecule has 1 aromatic carbocycles. The van der Waals surface area contributed by atoms with E-state index in [1.54, 1.807) is 13.8 Å². The molecular formula is C31H43N5O3. The van der Waals surface area contributed by atoms with Gasteiger partial charge in [0, 0.05) is 25.0 Å². The van der Waals surface area contributed by atoms with Gasteiger partial charge in [-0.15, -0.1) is 0 Å². The highest BCUT2D eigenvalue weighted by Gasteiger charge is 2.43. The van der Waals surface area contributed by atoms with Crippen molar-refractivity contribution in [3.63, 3.8) is 0 Å². The van der Waals surface area contributed by atoms with Crippen molar-refractivity contribution in [3.05, 3.63) is 59.7 Å². The molecule has 0 bridgehead atoms. The maximum absolute atomic E-state index is 12.3. The Labute approximate surface area is 233 Å². The number of nitrogens with zero attached hydrogens (tertiary/aromatic N) is 5. The Morgan fingerprint density at radius 3 is 2.51 bits per heavy atom. The van der Waals surface area contributed by atoms with Crippen LogP contribution in [0.2, 0.25) is 0 Å². The zero-order valence-corrected chi connectivity index (χ0v) is 24.4. The number of aromatic nitrogens is 2. The van der Waals surface area contributed by atoms with Crippen LogP contribution in [0.4, 0.5) is 16.3 Å². The Morgan fingerprint density at radius 1 is 1.23 bits per heavy atom. The molecule has 1 aliphatic carbocycles. The van der Waals surface area contributed by atoms with Gasteiger partial charge in [0.15, 0.2) is 5.82 Å². The Hall–Kier alpha value is -3.44. The van der Waals surface area contributed by atoms with Crippen LogP contribution in [0.5, 0.6) is 0 Å². The summed E-state index contributed by atoms with van der Waals surface area (Å²) in [5.74, 6) is 0.381. The summed E-state index contributed by atoms with van der Waals surface area (Å²) in [7, 11) is 0. The quantitative estimate of drug-likeness (QED) is 0.372. The summed E-state index contributed by atoms with van der Waals surface area (Å²) in [5, 5.41) is 29.8. The first-order chi connectivity index (χ1) is 18.2. The van der Waals surface area contributed by atoms with Crippen LogP contribution in [0.3, 0.4) is 0 Å². The van der Waals surface area contributed by atoms with Crippen molar-refractivity contribution in [1.29, 1.82) is 5.26 Å². The summed E-state index contributed by atoms with van der Waals surface area (Å²) in [4.78, 5) is 24.5. The number of anilines is 2. The molecule has 1 fully saturated rings. The second-order valence-corrected chi connectivity index (χ2v) is 12.7. The van der Waals surface area contributed by atoms with Crippen LogP contribution in [0.15, 0.2) is 42.9 Å². The summed E-state index contributed by atoms with van der Waals surface area (Å²) in [5.41, 5.74) is 1.91. The van der Waals surface area contributed by atoms with Crippen LogP contribution in [-0.4, -0.2) is 39.4 Å². The van der Waals surface area contributed by atoms with Crippen LogP contribution in [0.25, 0.3) is 0 Å². The molecule has 2 atom stereocenters. The lowest BCUT2D eigenvalue weighted by atomic mass is 9.60. The molecule has 210 valence electrons. The number of aryl methyl sites for hydroxylation is 1. The predicted octanol–water partition coefficient (Wildman–Crippen LogP) is 6.63. The SMILES string of the molecule is CC/C=C\N(C[C@]1(C)CC(CN(C(=O)O)c2cnc(C(C)(C)O)cn2)CC(C)(C)C1)c1cc(C#N)ccc1C. The summed E-state index contributed by atoms with van der Waals surface area (Å²) < 4.78 is 0. The number of allylic oxidation sites excluding steroid dienone is 1. The summed E-state index contributed by atoms with van der Waals surface area (Å²) in [6.45, 7) is 15.3. The van der Waals surface area contributed by atoms with Gasteiger partial charge in [-0.25, -0.2) is 9.78 Å². The van der Waals surface area contributed by atoms with Gasteiger partial charge in [0.1, 0.15) is 5.60 Å². The maximum Gasteiger partial charge on any atom is 0.413 e. The zero-order chi connectivity index (χ0) is 29.0. The van der Waals surface area contributed by atoms with Crippen molar-refractivity contribution in [2.75, 3.05) is 22.9 Å². The summed E-state index contributed by atoms with van der Waals surface area (Å²) >= 11 is 0. The summed E-state index contributed by atoms with van der Waals surface area (Å²) in [6, 6.07) is 8.05. The maximum atomic E-state index is 12.3. The smallest absolute Gasteiger partial charge is 0.413 e. The molecule has 3 rings (SSSR count). The number of hydrogen-bond donors (Lipinski definition) is 2. The van der Waals surface area contributed by atoms with Gasteiger partial charge in [0.2, 0.25) is 0 Å². The van der Waals surface area contributed by atoms with E-state index in [1.165, 1.54) is 17.3 Å². The molecule has 1 amide bonds. The van der Waals surface area contributed by atoms with E-state index in [2.05, 4.69) is 67.8 Å². The van der Waals surface area contributed by atoms with Crippen LogP contribution in [0, 0.1) is 35.0 Å². The molecule has 1 aromatic heterocycles. The minimum atomic E-state index is -1.15. The molecule has 1 heterocycles. The second kappa shape index (κ2) is 11.7. The van der Waals surface area contributed by atoms with E-state index in [0.717, 1.165) is 43.5 Å². The van der Waals surface area contributed by atoms with E-state index in [-0.39, 0.29) is 22.6 Å². The first-order valence-electron chi connectivity index (χ1n) is 13.7. The lowest BCUT2D eigenvalue weighted by Crippen LogP contribution is -2.46. The Bertz CT molecular complexity index is 1230. The standard InChI is InChI=1S/C31H43N5O3/c1-8-9-12-35(25-13-23(16-32)11-10-22(25)2)21-31(7)15-24(14-29(3,4)20-31)19-36(28(37)38)27-18-33-26(17-34-27)30(5,6)39/h9-13,17-18,24,39H,8,14-15,19-21H2,1-7H3,(H,37,38)/b12-9-/t24?,31-/m1/s1. The third kappa shape index (κ3) is 7.79. The van der Waals surface area contributed by atoms with Gasteiger partial charge >= 0.3 is 6.09 Å². The number of nitriles is 1. The van der Waals surface area contributed by atoms with Gasteiger partial charge in [-0.2, -0.15) is 5.26 Å². The molecule has 0 spiro atoms. The monoisotopic (exact) mass is 533 g/mol. The fourth-order valence-electron chi connectivity index (χ4n) is 6.25. The van der Waals surface area contributed by atoms with Crippen molar-refractivity contribution in [2.24, 2.45) is 16.7 Å². The fraction of sp³-hybridized carbons (Fsp3) is 0.548. The second-order valence-electron chi connectivity index (χ2n) is 12.7. The van der Waals surface area contributed by atoms with E-state index in [0.29, 0.717) is 17.8 Å². The van der Waals surface area contributed by atoms with Gasteiger partial charge in [-0.1, -0.05) is 39.8 Å². The van der Waals surface area contributed by atoms with Crippen molar-refractivity contribution < 1.29 is 15.0 Å². The van der Waals surface area contributed by atoms with Crippen LogP contribution in [-0.2, 0) is 5.60 Å². The van der Waals surface area contributed by atoms with E-state index >= 15 is 0 Å². The highest BCUT2D eigenvalue weighted by molar-refractivity contribution is 5.84. The fourth-order valence-corrected chi connectivity index (χ4v) is 6.25. The molecule has 0 saturated heterocycles. The first kappa shape index (κ1) is 30.1. The Balaban J connectivity index is 1.89.